The van der Waals surface area contributed by atoms with Gasteiger partial charge in [0.15, 0.2) is 0 Å². The lowest BCUT2D eigenvalue weighted by Crippen LogP contribution is -2.43. The van der Waals surface area contributed by atoms with Crippen LogP contribution < -0.4 is 21.5 Å². The maximum absolute atomic E-state index is 11.6. The molecule has 1 aliphatic rings. The summed E-state index contributed by atoms with van der Waals surface area (Å²) in [7, 11) is 0. The number of aryl methyl sites for hydroxylation is 1. The monoisotopic (exact) mass is 346 g/mol. The van der Waals surface area contributed by atoms with Gasteiger partial charge < -0.3 is 16.0 Å². The van der Waals surface area contributed by atoms with Gasteiger partial charge in [0.1, 0.15) is 6.20 Å². The summed E-state index contributed by atoms with van der Waals surface area (Å²) < 4.78 is 0. The molecule has 3 heterocycles. The highest BCUT2D eigenvalue weighted by Gasteiger charge is 2.23. The first-order valence-corrected chi connectivity index (χ1v) is 7.79. The van der Waals surface area contributed by atoms with Gasteiger partial charge in [-0.25, -0.2) is 9.97 Å². The number of hydrogen-bond donors (Lipinski definition) is 3. The minimum absolute atomic E-state index is 0.000389. The van der Waals surface area contributed by atoms with Crippen LogP contribution in [-0.2, 0) is 0 Å². The fourth-order valence-corrected chi connectivity index (χ4v) is 2.78. The van der Waals surface area contributed by atoms with E-state index in [1.165, 1.54) is 6.07 Å². The third kappa shape index (κ3) is 3.82. The lowest BCUT2D eigenvalue weighted by atomic mass is 10.1. The molecule has 1 atom stereocenters. The Morgan fingerprint density at radius 1 is 1.48 bits per heavy atom. The van der Waals surface area contributed by atoms with Crippen LogP contribution in [0.2, 0.25) is 0 Å². The molecule has 0 aliphatic carbocycles. The van der Waals surface area contributed by atoms with Crippen molar-refractivity contribution in [3.05, 3.63) is 38.4 Å². The van der Waals surface area contributed by atoms with Crippen LogP contribution >= 0.6 is 0 Å². The number of H-pyrrole nitrogens is 1. The van der Waals surface area contributed by atoms with Gasteiger partial charge in [-0.1, -0.05) is 0 Å². The Balaban J connectivity index is 1.72. The molecule has 1 unspecified atom stereocenters. The second-order valence-corrected chi connectivity index (χ2v) is 5.86. The number of hydrogen-bond acceptors (Lipinski definition) is 9. The number of aromatic amines is 1. The normalized spacial score (nSPS) is 17.3. The van der Waals surface area contributed by atoms with Crippen molar-refractivity contribution in [3.63, 3.8) is 0 Å². The number of nitrogens with two attached hydrogens (primary N) is 1. The van der Waals surface area contributed by atoms with E-state index >= 15 is 0 Å². The fourth-order valence-electron chi connectivity index (χ4n) is 2.78. The standard InChI is InChI=1S/C14H18N8O3/c1-8-5-11(23)19-14(17-8)21-4-2-3-9(7-21)18-13-16-6-10(22(24)25)12(15)20-13/h5-6,9H,2-4,7H2,1H3,(H,17,19,23)(H3,15,16,18,20). The summed E-state index contributed by atoms with van der Waals surface area (Å²) in [5.74, 6) is 0.584. The minimum Gasteiger partial charge on any atom is -0.378 e. The number of nitro groups is 1. The van der Waals surface area contributed by atoms with Crippen LogP contribution in [0.5, 0.6) is 0 Å². The van der Waals surface area contributed by atoms with Gasteiger partial charge in [-0.2, -0.15) is 4.98 Å². The van der Waals surface area contributed by atoms with E-state index in [-0.39, 0.29) is 29.1 Å². The van der Waals surface area contributed by atoms with E-state index in [1.807, 2.05) is 4.90 Å². The zero-order valence-electron chi connectivity index (χ0n) is 13.6. The van der Waals surface area contributed by atoms with Crippen molar-refractivity contribution in [2.75, 3.05) is 29.0 Å². The number of piperidine rings is 1. The Morgan fingerprint density at radius 3 is 2.96 bits per heavy atom. The van der Waals surface area contributed by atoms with Crippen LogP contribution in [0, 0.1) is 17.0 Å². The van der Waals surface area contributed by atoms with Crippen molar-refractivity contribution in [2.24, 2.45) is 0 Å². The molecule has 2 aromatic heterocycles. The average Bonchev–Trinajstić information content (AvgIpc) is 2.54. The summed E-state index contributed by atoms with van der Waals surface area (Å²) in [5.41, 5.74) is 5.73. The number of anilines is 3. The summed E-state index contributed by atoms with van der Waals surface area (Å²) in [4.78, 5) is 38.7. The molecular weight excluding hydrogens is 328 g/mol. The Labute approximate surface area is 142 Å². The van der Waals surface area contributed by atoms with E-state index in [0.717, 1.165) is 25.6 Å². The molecule has 1 aliphatic heterocycles. The molecule has 11 heteroatoms. The Kier molecular flexibility index (Phi) is 4.46. The average molecular weight is 346 g/mol. The molecular formula is C14H18N8O3. The van der Waals surface area contributed by atoms with Crippen molar-refractivity contribution >= 4 is 23.4 Å². The summed E-state index contributed by atoms with van der Waals surface area (Å²) in [6.45, 7) is 3.13. The van der Waals surface area contributed by atoms with Crippen molar-refractivity contribution in [1.29, 1.82) is 0 Å². The Morgan fingerprint density at radius 2 is 2.28 bits per heavy atom. The van der Waals surface area contributed by atoms with Gasteiger partial charge in [0.05, 0.1) is 4.92 Å². The first-order chi connectivity index (χ1) is 11.9. The molecule has 0 saturated carbocycles. The van der Waals surface area contributed by atoms with Crippen LogP contribution in [0.15, 0.2) is 17.1 Å². The molecule has 0 radical (unpaired) electrons. The van der Waals surface area contributed by atoms with Gasteiger partial charge in [0, 0.05) is 30.9 Å². The highest BCUT2D eigenvalue weighted by Crippen LogP contribution is 2.21. The van der Waals surface area contributed by atoms with Crippen molar-refractivity contribution in [2.45, 2.75) is 25.8 Å². The molecule has 11 nitrogen and oxygen atoms in total. The minimum atomic E-state index is -0.624. The molecule has 3 rings (SSSR count). The van der Waals surface area contributed by atoms with Gasteiger partial charge in [-0.3, -0.25) is 19.9 Å². The van der Waals surface area contributed by atoms with E-state index in [9.17, 15) is 14.9 Å². The van der Waals surface area contributed by atoms with E-state index < -0.39 is 4.92 Å². The predicted molar refractivity (Wildman–Crippen MR) is 91.6 cm³/mol. The third-order valence-corrected chi connectivity index (χ3v) is 3.91. The number of rotatable bonds is 4. The Hall–Kier alpha value is -3.24. The lowest BCUT2D eigenvalue weighted by molar-refractivity contribution is -0.384. The predicted octanol–water partition coefficient (Wildman–Crippen LogP) is 0.440. The second kappa shape index (κ2) is 6.71. The van der Waals surface area contributed by atoms with Gasteiger partial charge in [0.2, 0.25) is 17.7 Å². The van der Waals surface area contributed by atoms with E-state index in [0.29, 0.717) is 18.2 Å². The van der Waals surface area contributed by atoms with Crippen molar-refractivity contribution in [3.8, 4) is 0 Å². The highest BCUT2D eigenvalue weighted by atomic mass is 16.6. The summed E-state index contributed by atoms with van der Waals surface area (Å²) in [6, 6.07) is 1.44. The molecule has 0 amide bonds. The zero-order valence-corrected chi connectivity index (χ0v) is 13.6. The first-order valence-electron chi connectivity index (χ1n) is 7.79. The van der Waals surface area contributed by atoms with Gasteiger partial charge >= 0.3 is 5.69 Å². The van der Waals surface area contributed by atoms with Crippen molar-refractivity contribution < 1.29 is 4.92 Å². The largest absolute Gasteiger partial charge is 0.378 e. The van der Waals surface area contributed by atoms with Crippen molar-refractivity contribution in [1.82, 2.24) is 19.9 Å². The number of aromatic nitrogens is 4. The van der Waals surface area contributed by atoms with Crippen LogP contribution in [0.25, 0.3) is 0 Å². The Bertz CT molecular complexity index is 852. The van der Waals surface area contributed by atoms with Crippen LogP contribution in [-0.4, -0.2) is 44.0 Å². The number of nitrogen functional groups attached to an aromatic ring is 1. The van der Waals surface area contributed by atoms with Crippen LogP contribution in [0.1, 0.15) is 18.5 Å². The van der Waals surface area contributed by atoms with Crippen LogP contribution in [0.4, 0.5) is 23.4 Å². The summed E-state index contributed by atoms with van der Waals surface area (Å²) >= 11 is 0. The van der Waals surface area contributed by atoms with Gasteiger partial charge in [-0.05, 0) is 19.8 Å². The molecule has 0 aromatic carbocycles. The molecule has 25 heavy (non-hydrogen) atoms. The molecule has 0 spiro atoms. The fraction of sp³-hybridized carbons (Fsp3) is 0.429. The summed E-state index contributed by atoms with van der Waals surface area (Å²) in [6.07, 6.45) is 2.84. The van der Waals surface area contributed by atoms with E-state index in [2.05, 4.69) is 25.3 Å². The van der Waals surface area contributed by atoms with Gasteiger partial charge in [-0.15, -0.1) is 0 Å². The smallest absolute Gasteiger partial charge is 0.329 e. The number of nitrogens with zero attached hydrogens (tertiary/aromatic N) is 5. The maximum Gasteiger partial charge on any atom is 0.329 e. The molecule has 1 fully saturated rings. The molecule has 0 bridgehead atoms. The quantitative estimate of drug-likeness (QED) is 0.528. The molecule has 4 N–H and O–H groups in total. The lowest BCUT2D eigenvalue weighted by Gasteiger charge is -2.33. The van der Waals surface area contributed by atoms with E-state index in [4.69, 9.17) is 5.73 Å². The molecule has 1 saturated heterocycles. The second-order valence-electron chi connectivity index (χ2n) is 5.86. The molecule has 2 aromatic rings. The summed E-state index contributed by atoms with van der Waals surface area (Å²) in [5, 5.41) is 13.9. The SMILES string of the molecule is Cc1cc(=O)[nH]c(N2CCCC(Nc3ncc([N+](=O)[O-])c(N)n3)C2)n1. The van der Waals surface area contributed by atoms with E-state index in [1.54, 1.807) is 6.92 Å². The number of nitrogens with one attached hydrogen (secondary N) is 2. The molecule has 132 valence electrons. The zero-order chi connectivity index (χ0) is 18.0. The maximum atomic E-state index is 11.6. The van der Waals surface area contributed by atoms with Crippen LogP contribution in [0.3, 0.4) is 0 Å². The third-order valence-electron chi connectivity index (χ3n) is 3.91. The van der Waals surface area contributed by atoms with Gasteiger partial charge in [0.25, 0.3) is 5.56 Å². The highest BCUT2D eigenvalue weighted by molar-refractivity contribution is 5.53. The first kappa shape index (κ1) is 16.6. The topological polar surface area (TPSA) is 156 Å².